The second-order valence-electron chi connectivity index (χ2n) is 6.59. The van der Waals surface area contributed by atoms with Crippen molar-refractivity contribution in [3.8, 4) is 0 Å². The number of carbonyl (C=O) groups is 2. The molecule has 1 saturated heterocycles. The van der Waals surface area contributed by atoms with Gasteiger partial charge in [-0.05, 0) is 31.4 Å². The number of benzene rings is 1. The largest absolute Gasteiger partial charge is 0.368 e. The number of hydrogen-bond donors (Lipinski definition) is 1. The number of halogens is 4. The fourth-order valence-electron chi connectivity index (χ4n) is 3.86. The smallest absolute Gasteiger partial charge is 0.249 e. The van der Waals surface area contributed by atoms with Crippen LogP contribution >= 0.6 is 0 Å². The molecular formula is C16H16F4N2O2. The Bertz CT molecular complexity index is 689. The van der Waals surface area contributed by atoms with Crippen LogP contribution < -0.4 is 10.6 Å². The van der Waals surface area contributed by atoms with Crippen molar-refractivity contribution in [2.75, 3.05) is 4.90 Å². The topological polar surface area (TPSA) is 63.4 Å². The van der Waals surface area contributed by atoms with Gasteiger partial charge in [-0.25, -0.2) is 17.6 Å². The summed E-state index contributed by atoms with van der Waals surface area (Å²) >= 11 is 0. The van der Waals surface area contributed by atoms with E-state index in [1.165, 1.54) is 0 Å². The second-order valence-corrected chi connectivity index (χ2v) is 6.59. The zero-order valence-corrected chi connectivity index (χ0v) is 12.7. The summed E-state index contributed by atoms with van der Waals surface area (Å²) < 4.78 is 54.7. The van der Waals surface area contributed by atoms with Crippen molar-refractivity contribution in [1.82, 2.24) is 0 Å². The maximum atomic E-state index is 13.9. The Hall–Kier alpha value is -2.12. The van der Waals surface area contributed by atoms with Crippen LogP contribution in [0, 0.1) is 17.0 Å². The SMILES string of the molecule is NC(=O)C1C[C@@]2(CCCC(F)(F)C2)C(=O)N1c1cc(F)cc(F)c1. The lowest BCUT2D eigenvalue weighted by Gasteiger charge is -2.36. The van der Waals surface area contributed by atoms with Gasteiger partial charge in [0.05, 0.1) is 11.1 Å². The number of primary amides is 1. The van der Waals surface area contributed by atoms with Crippen molar-refractivity contribution in [3.63, 3.8) is 0 Å². The first-order chi connectivity index (χ1) is 11.1. The van der Waals surface area contributed by atoms with E-state index < -0.39 is 47.2 Å². The first kappa shape index (κ1) is 16.7. The quantitative estimate of drug-likeness (QED) is 0.839. The highest BCUT2D eigenvalue weighted by atomic mass is 19.3. The third-order valence-electron chi connectivity index (χ3n) is 4.82. The summed E-state index contributed by atoms with van der Waals surface area (Å²) in [4.78, 5) is 25.5. The molecule has 2 N–H and O–H groups in total. The second kappa shape index (κ2) is 5.46. The number of nitrogens with two attached hydrogens (primary N) is 1. The highest BCUT2D eigenvalue weighted by Gasteiger charge is 2.59. The molecule has 2 aliphatic rings. The molecule has 1 aliphatic heterocycles. The molecule has 0 aromatic heterocycles. The highest BCUT2D eigenvalue weighted by molar-refractivity contribution is 6.06. The zero-order valence-electron chi connectivity index (χ0n) is 12.7. The minimum atomic E-state index is -3.01. The molecule has 1 unspecified atom stereocenters. The van der Waals surface area contributed by atoms with Gasteiger partial charge in [0.25, 0.3) is 0 Å². The molecule has 1 aromatic rings. The molecule has 24 heavy (non-hydrogen) atoms. The molecule has 1 spiro atoms. The minimum absolute atomic E-state index is 0.134. The number of rotatable bonds is 2. The van der Waals surface area contributed by atoms with Crippen molar-refractivity contribution < 1.29 is 27.2 Å². The third kappa shape index (κ3) is 2.74. The van der Waals surface area contributed by atoms with Crippen molar-refractivity contribution in [1.29, 1.82) is 0 Å². The Morgan fingerprint density at radius 3 is 2.33 bits per heavy atom. The van der Waals surface area contributed by atoms with E-state index in [0.717, 1.165) is 17.0 Å². The van der Waals surface area contributed by atoms with Crippen LogP contribution in [0.5, 0.6) is 0 Å². The summed E-state index contributed by atoms with van der Waals surface area (Å²) in [6.45, 7) is 0. The standard InChI is InChI=1S/C16H16F4N2O2/c17-9-4-10(18)6-11(5-9)22-12(13(21)23)7-15(14(22)24)2-1-3-16(19,20)8-15/h4-6,12H,1-3,7-8H2,(H2,21,23)/t12?,15-/m1/s1. The average Bonchev–Trinajstić information content (AvgIpc) is 2.70. The number of nitrogens with zero attached hydrogens (tertiary/aromatic N) is 1. The number of hydrogen-bond acceptors (Lipinski definition) is 2. The maximum Gasteiger partial charge on any atom is 0.249 e. The van der Waals surface area contributed by atoms with Crippen LogP contribution in [-0.2, 0) is 9.59 Å². The molecule has 2 atom stereocenters. The molecule has 4 nitrogen and oxygen atoms in total. The van der Waals surface area contributed by atoms with Crippen molar-refractivity contribution in [2.24, 2.45) is 11.1 Å². The Morgan fingerprint density at radius 2 is 1.79 bits per heavy atom. The molecule has 3 rings (SSSR count). The summed E-state index contributed by atoms with van der Waals surface area (Å²) in [5.41, 5.74) is 3.70. The molecule has 8 heteroatoms. The molecule has 1 saturated carbocycles. The van der Waals surface area contributed by atoms with Crippen LogP contribution in [0.25, 0.3) is 0 Å². The molecule has 2 fully saturated rings. The fourth-order valence-corrected chi connectivity index (χ4v) is 3.86. The van der Waals surface area contributed by atoms with Gasteiger partial charge in [0, 0.05) is 18.9 Å². The predicted octanol–water partition coefficient (Wildman–Crippen LogP) is 2.75. The molecule has 0 radical (unpaired) electrons. The van der Waals surface area contributed by atoms with Gasteiger partial charge < -0.3 is 5.73 Å². The number of carbonyl (C=O) groups excluding carboxylic acids is 2. The molecule has 1 heterocycles. The monoisotopic (exact) mass is 344 g/mol. The Morgan fingerprint density at radius 1 is 1.17 bits per heavy atom. The van der Waals surface area contributed by atoms with Gasteiger partial charge in [0.1, 0.15) is 17.7 Å². The van der Waals surface area contributed by atoms with Crippen LogP contribution in [0.3, 0.4) is 0 Å². The Kier molecular flexibility index (Phi) is 3.80. The predicted molar refractivity (Wildman–Crippen MR) is 77.3 cm³/mol. The van der Waals surface area contributed by atoms with Gasteiger partial charge in [-0.2, -0.15) is 0 Å². The summed E-state index contributed by atoms with van der Waals surface area (Å²) in [6, 6.07) is 1.19. The molecule has 0 bridgehead atoms. The summed E-state index contributed by atoms with van der Waals surface area (Å²) in [6.07, 6.45) is -0.848. The molecule has 1 aromatic carbocycles. The van der Waals surface area contributed by atoms with Crippen LogP contribution in [-0.4, -0.2) is 23.8 Å². The number of anilines is 1. The summed E-state index contributed by atoms with van der Waals surface area (Å²) in [5, 5.41) is 0. The normalized spacial score (nSPS) is 29.2. The van der Waals surface area contributed by atoms with Crippen molar-refractivity contribution in [3.05, 3.63) is 29.8 Å². The first-order valence-electron chi connectivity index (χ1n) is 7.61. The van der Waals surface area contributed by atoms with Crippen molar-refractivity contribution >= 4 is 17.5 Å². The van der Waals surface area contributed by atoms with E-state index in [9.17, 15) is 27.2 Å². The van der Waals surface area contributed by atoms with Crippen molar-refractivity contribution in [2.45, 2.75) is 44.1 Å². The van der Waals surface area contributed by atoms with Gasteiger partial charge in [-0.3, -0.25) is 14.5 Å². The minimum Gasteiger partial charge on any atom is -0.368 e. The van der Waals surface area contributed by atoms with Crippen LogP contribution in [0.4, 0.5) is 23.2 Å². The molecular weight excluding hydrogens is 328 g/mol. The molecule has 1 aliphatic carbocycles. The average molecular weight is 344 g/mol. The van der Waals surface area contributed by atoms with E-state index >= 15 is 0 Å². The van der Waals surface area contributed by atoms with Gasteiger partial charge in [0.15, 0.2) is 0 Å². The van der Waals surface area contributed by atoms with Crippen LogP contribution in [0.15, 0.2) is 18.2 Å². The van der Waals surface area contributed by atoms with Gasteiger partial charge >= 0.3 is 0 Å². The zero-order chi connectivity index (χ0) is 17.7. The lowest BCUT2D eigenvalue weighted by Crippen LogP contribution is -2.44. The van der Waals surface area contributed by atoms with Gasteiger partial charge in [0.2, 0.25) is 17.7 Å². The fraction of sp³-hybridized carbons (Fsp3) is 0.500. The molecule has 2 amide bonds. The van der Waals surface area contributed by atoms with Crippen LogP contribution in [0.1, 0.15) is 32.1 Å². The summed E-state index contributed by atoms with van der Waals surface area (Å²) in [5.74, 6) is -6.50. The lowest BCUT2D eigenvalue weighted by atomic mass is 9.70. The molecule has 130 valence electrons. The van der Waals surface area contributed by atoms with E-state index in [4.69, 9.17) is 5.73 Å². The number of alkyl halides is 2. The summed E-state index contributed by atoms with van der Waals surface area (Å²) in [7, 11) is 0. The van der Waals surface area contributed by atoms with Crippen LogP contribution in [0.2, 0.25) is 0 Å². The Labute approximate surface area is 135 Å². The van der Waals surface area contributed by atoms with Gasteiger partial charge in [-0.15, -0.1) is 0 Å². The van der Waals surface area contributed by atoms with E-state index in [-0.39, 0.29) is 31.4 Å². The van der Waals surface area contributed by atoms with E-state index in [0.29, 0.717) is 6.07 Å². The van der Waals surface area contributed by atoms with Gasteiger partial charge in [-0.1, -0.05) is 0 Å². The Balaban J connectivity index is 2.04. The van der Waals surface area contributed by atoms with E-state index in [1.54, 1.807) is 0 Å². The highest BCUT2D eigenvalue weighted by Crippen LogP contribution is 2.52. The van der Waals surface area contributed by atoms with E-state index in [2.05, 4.69) is 0 Å². The first-order valence-corrected chi connectivity index (χ1v) is 7.61. The third-order valence-corrected chi connectivity index (χ3v) is 4.82. The maximum absolute atomic E-state index is 13.9. The lowest BCUT2D eigenvalue weighted by molar-refractivity contribution is -0.138. The number of amides is 2. The van der Waals surface area contributed by atoms with E-state index in [1.807, 2.05) is 0 Å².